The van der Waals surface area contributed by atoms with Crippen molar-refractivity contribution in [1.82, 2.24) is 4.90 Å². The van der Waals surface area contributed by atoms with Crippen LogP contribution in [0.2, 0.25) is 0 Å². The van der Waals surface area contributed by atoms with E-state index in [1.165, 1.54) is 11.8 Å². The second-order valence-corrected chi connectivity index (χ2v) is 6.26. The first kappa shape index (κ1) is 14.8. The molecular weight excluding hydrogens is 300 g/mol. The summed E-state index contributed by atoms with van der Waals surface area (Å²) in [4.78, 5) is 31.5. The Bertz CT molecular complexity index is 813. The number of nitrogens with zero attached hydrogens (tertiary/aromatic N) is 2. The van der Waals surface area contributed by atoms with Crippen molar-refractivity contribution in [3.63, 3.8) is 0 Å². The second-order valence-electron chi connectivity index (χ2n) is 6.26. The highest BCUT2D eigenvalue weighted by Gasteiger charge is 2.42. The van der Waals surface area contributed by atoms with Gasteiger partial charge in [-0.25, -0.2) is 0 Å². The molecule has 0 aromatic heterocycles. The van der Waals surface area contributed by atoms with Crippen molar-refractivity contribution in [3.8, 4) is 0 Å². The number of benzene rings is 2. The van der Waals surface area contributed by atoms with Crippen molar-refractivity contribution < 1.29 is 9.59 Å². The molecule has 2 aromatic rings. The molecule has 0 radical (unpaired) electrons. The molecule has 4 heteroatoms. The molecule has 0 saturated carbocycles. The third-order valence-electron chi connectivity index (χ3n) is 4.83. The standard InChI is InChI=1S/C20H18N2O2/c23-19-12-18-16-9-5-4-6-14(16)10-11-22(18)20(24)17(19)13-21-15-7-2-1-3-8-15/h1-9,13,17-18H,10-12H2/t17?,18-/m0/s1. The number of amides is 1. The van der Waals surface area contributed by atoms with Gasteiger partial charge in [-0.1, -0.05) is 42.5 Å². The molecule has 1 fully saturated rings. The van der Waals surface area contributed by atoms with Gasteiger partial charge in [-0.05, 0) is 29.7 Å². The Morgan fingerprint density at radius 3 is 2.58 bits per heavy atom. The molecule has 4 rings (SSSR count). The fourth-order valence-corrected chi connectivity index (χ4v) is 3.59. The molecular formula is C20H18N2O2. The lowest BCUT2D eigenvalue weighted by molar-refractivity contribution is -0.146. The van der Waals surface area contributed by atoms with E-state index in [1.807, 2.05) is 53.4 Å². The first-order valence-corrected chi connectivity index (χ1v) is 8.24. The second kappa shape index (κ2) is 6.04. The highest BCUT2D eigenvalue weighted by atomic mass is 16.2. The number of piperidine rings is 1. The summed E-state index contributed by atoms with van der Waals surface area (Å²) in [5.74, 6) is -0.921. The number of aliphatic imine (C=N–C) groups is 1. The molecule has 2 heterocycles. The Hall–Kier alpha value is -2.75. The van der Waals surface area contributed by atoms with Gasteiger partial charge in [0.15, 0.2) is 5.78 Å². The van der Waals surface area contributed by atoms with E-state index in [9.17, 15) is 9.59 Å². The van der Waals surface area contributed by atoms with Gasteiger partial charge < -0.3 is 4.90 Å². The molecule has 2 atom stereocenters. The van der Waals surface area contributed by atoms with E-state index < -0.39 is 5.92 Å². The van der Waals surface area contributed by atoms with Crippen molar-refractivity contribution in [2.24, 2.45) is 10.9 Å². The van der Waals surface area contributed by atoms with Crippen LogP contribution in [0.15, 0.2) is 59.6 Å². The number of ketones is 1. The number of Topliss-reactive ketones (excluding diaryl/α,β-unsaturated/α-hetero) is 1. The molecule has 1 unspecified atom stereocenters. The van der Waals surface area contributed by atoms with Crippen LogP contribution in [0, 0.1) is 5.92 Å². The first-order chi connectivity index (χ1) is 11.7. The lowest BCUT2D eigenvalue weighted by atomic mass is 9.82. The topological polar surface area (TPSA) is 49.7 Å². The molecule has 4 nitrogen and oxygen atoms in total. The molecule has 0 bridgehead atoms. The minimum Gasteiger partial charge on any atom is -0.334 e. The first-order valence-electron chi connectivity index (χ1n) is 8.24. The zero-order chi connectivity index (χ0) is 16.5. The van der Waals surface area contributed by atoms with Gasteiger partial charge in [-0.15, -0.1) is 0 Å². The van der Waals surface area contributed by atoms with Crippen molar-refractivity contribution in [3.05, 3.63) is 65.7 Å². The Morgan fingerprint density at radius 2 is 1.75 bits per heavy atom. The average molecular weight is 318 g/mol. The van der Waals surface area contributed by atoms with Crippen molar-refractivity contribution in [2.45, 2.75) is 18.9 Å². The third-order valence-corrected chi connectivity index (χ3v) is 4.83. The van der Waals surface area contributed by atoms with Gasteiger partial charge in [0.25, 0.3) is 0 Å². The van der Waals surface area contributed by atoms with Gasteiger partial charge in [0.2, 0.25) is 5.91 Å². The van der Waals surface area contributed by atoms with E-state index in [-0.39, 0.29) is 17.7 Å². The van der Waals surface area contributed by atoms with E-state index in [4.69, 9.17) is 0 Å². The van der Waals surface area contributed by atoms with Gasteiger partial charge in [-0.2, -0.15) is 0 Å². The largest absolute Gasteiger partial charge is 0.334 e. The van der Waals surface area contributed by atoms with Gasteiger partial charge in [0, 0.05) is 19.2 Å². The smallest absolute Gasteiger partial charge is 0.239 e. The molecule has 2 aromatic carbocycles. The zero-order valence-electron chi connectivity index (χ0n) is 13.3. The Balaban J connectivity index is 1.60. The van der Waals surface area contributed by atoms with Crippen molar-refractivity contribution >= 4 is 23.6 Å². The van der Waals surface area contributed by atoms with Crippen LogP contribution < -0.4 is 0 Å². The summed E-state index contributed by atoms with van der Waals surface area (Å²) in [6.45, 7) is 0.670. The van der Waals surface area contributed by atoms with Gasteiger partial charge in [-0.3, -0.25) is 14.6 Å². The van der Waals surface area contributed by atoms with Crippen LogP contribution in [0.5, 0.6) is 0 Å². The summed E-state index contributed by atoms with van der Waals surface area (Å²) >= 11 is 0. The number of rotatable bonds is 2. The molecule has 2 aliphatic rings. The number of hydrogen-bond acceptors (Lipinski definition) is 3. The number of fused-ring (bicyclic) bond motifs is 3. The van der Waals surface area contributed by atoms with Crippen molar-refractivity contribution in [1.29, 1.82) is 0 Å². The monoisotopic (exact) mass is 318 g/mol. The van der Waals surface area contributed by atoms with E-state index in [2.05, 4.69) is 11.1 Å². The van der Waals surface area contributed by atoms with Crippen LogP contribution in [-0.2, 0) is 16.0 Å². The molecule has 0 aliphatic carbocycles. The minimum atomic E-state index is -0.758. The SMILES string of the molecule is O=C1C[C@H]2c3ccccc3CCN2C(=O)C1C=Nc1ccccc1. The number of para-hydroxylation sites is 1. The highest BCUT2D eigenvalue weighted by Crippen LogP contribution is 2.37. The summed E-state index contributed by atoms with van der Waals surface area (Å²) in [7, 11) is 0. The fraction of sp³-hybridized carbons (Fsp3) is 0.250. The van der Waals surface area contributed by atoms with E-state index in [1.54, 1.807) is 0 Å². The van der Waals surface area contributed by atoms with E-state index in [0.29, 0.717) is 13.0 Å². The lowest BCUT2D eigenvalue weighted by Gasteiger charge is -2.41. The molecule has 2 aliphatic heterocycles. The molecule has 0 N–H and O–H groups in total. The zero-order valence-corrected chi connectivity index (χ0v) is 13.3. The predicted octanol–water partition coefficient (Wildman–Crippen LogP) is 3.10. The van der Waals surface area contributed by atoms with Crippen LogP contribution in [0.1, 0.15) is 23.6 Å². The Labute approximate surface area is 140 Å². The predicted molar refractivity (Wildman–Crippen MR) is 92.3 cm³/mol. The Kier molecular flexibility index (Phi) is 3.73. The average Bonchev–Trinajstić information content (AvgIpc) is 2.62. The van der Waals surface area contributed by atoms with Crippen LogP contribution in [0.3, 0.4) is 0 Å². The van der Waals surface area contributed by atoms with Crippen LogP contribution >= 0.6 is 0 Å². The summed E-state index contributed by atoms with van der Waals surface area (Å²) in [6, 6.07) is 17.4. The third kappa shape index (κ3) is 2.54. The van der Waals surface area contributed by atoms with Gasteiger partial charge in [0.05, 0.1) is 11.7 Å². The van der Waals surface area contributed by atoms with Crippen LogP contribution in [-0.4, -0.2) is 29.3 Å². The van der Waals surface area contributed by atoms with Crippen LogP contribution in [0.4, 0.5) is 5.69 Å². The molecule has 1 amide bonds. The molecule has 1 saturated heterocycles. The molecule has 24 heavy (non-hydrogen) atoms. The van der Waals surface area contributed by atoms with Gasteiger partial charge >= 0.3 is 0 Å². The number of carbonyl (C=O) groups excluding carboxylic acids is 2. The van der Waals surface area contributed by atoms with Crippen LogP contribution in [0.25, 0.3) is 0 Å². The fourth-order valence-electron chi connectivity index (χ4n) is 3.59. The summed E-state index contributed by atoms with van der Waals surface area (Å²) < 4.78 is 0. The minimum absolute atomic E-state index is 0.0439. The molecule has 120 valence electrons. The highest BCUT2D eigenvalue weighted by molar-refractivity contribution is 6.15. The summed E-state index contributed by atoms with van der Waals surface area (Å²) in [5, 5.41) is 0. The number of carbonyl (C=O) groups is 2. The number of hydrogen-bond donors (Lipinski definition) is 0. The maximum atomic E-state index is 12.8. The summed E-state index contributed by atoms with van der Waals surface area (Å²) in [5.41, 5.74) is 3.11. The van der Waals surface area contributed by atoms with Gasteiger partial charge in [0.1, 0.15) is 5.92 Å². The normalized spacial score (nSPS) is 23.2. The van der Waals surface area contributed by atoms with Crippen molar-refractivity contribution in [2.75, 3.05) is 6.54 Å². The maximum Gasteiger partial charge on any atom is 0.239 e. The Morgan fingerprint density at radius 1 is 1.00 bits per heavy atom. The summed E-state index contributed by atoms with van der Waals surface area (Å²) in [6.07, 6.45) is 2.72. The van der Waals surface area contributed by atoms with E-state index >= 15 is 0 Å². The molecule has 0 spiro atoms. The lowest BCUT2D eigenvalue weighted by Crippen LogP contribution is -2.50. The van der Waals surface area contributed by atoms with E-state index in [0.717, 1.165) is 17.7 Å². The quantitative estimate of drug-likeness (QED) is 0.631. The maximum absolute atomic E-state index is 12.8.